The maximum Gasteiger partial charge on any atom is 0.0866 e. The SMILES string of the molecule is CNC1CC(n2nncc2CO)C1. The van der Waals surface area contributed by atoms with Crippen molar-refractivity contribution in [1.82, 2.24) is 20.3 Å². The quantitative estimate of drug-likeness (QED) is 0.673. The molecule has 72 valence electrons. The highest BCUT2D eigenvalue weighted by molar-refractivity contribution is 4.98. The van der Waals surface area contributed by atoms with Crippen molar-refractivity contribution < 1.29 is 5.11 Å². The predicted octanol–water partition coefficient (Wildman–Crippen LogP) is -0.307. The number of aliphatic hydroxyl groups is 1. The van der Waals surface area contributed by atoms with Crippen LogP contribution in [0.5, 0.6) is 0 Å². The lowest BCUT2D eigenvalue weighted by Gasteiger charge is -2.35. The summed E-state index contributed by atoms with van der Waals surface area (Å²) in [6, 6.07) is 1.02. The highest BCUT2D eigenvalue weighted by atomic mass is 16.3. The molecule has 5 nitrogen and oxygen atoms in total. The molecule has 0 bridgehead atoms. The van der Waals surface area contributed by atoms with Gasteiger partial charge in [0, 0.05) is 6.04 Å². The molecule has 2 rings (SSSR count). The Bertz CT molecular complexity index is 279. The Balaban J connectivity index is 2.02. The normalized spacial score (nSPS) is 27.2. The van der Waals surface area contributed by atoms with Gasteiger partial charge in [-0.1, -0.05) is 5.21 Å². The number of nitrogens with one attached hydrogen (secondary N) is 1. The minimum absolute atomic E-state index is 0.0215. The van der Waals surface area contributed by atoms with E-state index in [1.807, 2.05) is 11.7 Å². The van der Waals surface area contributed by atoms with Crippen molar-refractivity contribution in [2.75, 3.05) is 7.05 Å². The maximum absolute atomic E-state index is 8.98. The highest BCUT2D eigenvalue weighted by Gasteiger charge is 2.30. The number of aliphatic hydroxyl groups excluding tert-OH is 1. The van der Waals surface area contributed by atoms with Crippen molar-refractivity contribution in [3.05, 3.63) is 11.9 Å². The molecule has 0 radical (unpaired) electrons. The van der Waals surface area contributed by atoms with Gasteiger partial charge in [-0.3, -0.25) is 0 Å². The molecule has 0 spiro atoms. The summed E-state index contributed by atoms with van der Waals surface area (Å²) in [6.45, 7) is 0.0215. The van der Waals surface area contributed by atoms with Gasteiger partial charge in [0.1, 0.15) is 0 Å². The molecule has 13 heavy (non-hydrogen) atoms. The van der Waals surface area contributed by atoms with Crippen LogP contribution in [0.2, 0.25) is 0 Å². The van der Waals surface area contributed by atoms with Crippen LogP contribution in [0, 0.1) is 0 Å². The molecule has 1 fully saturated rings. The molecule has 0 amide bonds. The molecule has 0 aromatic carbocycles. The maximum atomic E-state index is 8.98. The lowest BCUT2D eigenvalue weighted by Crippen LogP contribution is -2.41. The standard InChI is InChI=1S/C8H14N4O/c1-9-6-2-7(3-6)12-8(5-13)4-10-11-12/h4,6-7,9,13H,2-3,5H2,1H3. The molecule has 1 aromatic rings. The summed E-state index contributed by atoms with van der Waals surface area (Å²) in [5.74, 6) is 0. The van der Waals surface area contributed by atoms with E-state index in [0.717, 1.165) is 18.5 Å². The van der Waals surface area contributed by atoms with E-state index >= 15 is 0 Å². The second-order valence-electron chi connectivity index (χ2n) is 3.44. The first kappa shape index (κ1) is 8.65. The van der Waals surface area contributed by atoms with Crippen LogP contribution < -0.4 is 5.32 Å². The Morgan fingerprint density at radius 3 is 3.08 bits per heavy atom. The van der Waals surface area contributed by atoms with Crippen molar-refractivity contribution in [2.45, 2.75) is 31.5 Å². The largest absolute Gasteiger partial charge is 0.390 e. The minimum atomic E-state index is 0.0215. The monoisotopic (exact) mass is 182 g/mol. The van der Waals surface area contributed by atoms with Gasteiger partial charge in [0.25, 0.3) is 0 Å². The Labute approximate surface area is 76.8 Å². The number of aromatic nitrogens is 3. The van der Waals surface area contributed by atoms with Crippen LogP contribution in [0.3, 0.4) is 0 Å². The Hall–Kier alpha value is -0.940. The molecule has 0 unspecified atom stereocenters. The van der Waals surface area contributed by atoms with E-state index in [9.17, 15) is 0 Å². The zero-order valence-electron chi connectivity index (χ0n) is 7.64. The molecule has 1 aliphatic carbocycles. The van der Waals surface area contributed by atoms with Crippen LogP contribution in [0.1, 0.15) is 24.6 Å². The van der Waals surface area contributed by atoms with Crippen LogP contribution in [0.25, 0.3) is 0 Å². The molecule has 5 heteroatoms. The first-order chi connectivity index (χ1) is 6.35. The third kappa shape index (κ3) is 1.45. The summed E-state index contributed by atoms with van der Waals surface area (Å²) < 4.78 is 1.83. The van der Waals surface area contributed by atoms with Gasteiger partial charge >= 0.3 is 0 Å². The number of hydrogen-bond donors (Lipinski definition) is 2. The summed E-state index contributed by atoms with van der Waals surface area (Å²) in [4.78, 5) is 0. The summed E-state index contributed by atoms with van der Waals surface area (Å²) in [7, 11) is 1.97. The van der Waals surface area contributed by atoms with Gasteiger partial charge in [0.2, 0.25) is 0 Å². The van der Waals surface area contributed by atoms with E-state index in [4.69, 9.17) is 5.11 Å². The van der Waals surface area contributed by atoms with E-state index in [-0.39, 0.29) is 6.61 Å². The third-order valence-electron chi connectivity index (χ3n) is 2.68. The number of rotatable bonds is 3. The second-order valence-corrected chi connectivity index (χ2v) is 3.44. The first-order valence-corrected chi connectivity index (χ1v) is 4.52. The zero-order chi connectivity index (χ0) is 9.26. The van der Waals surface area contributed by atoms with Gasteiger partial charge in [0.05, 0.1) is 24.5 Å². The van der Waals surface area contributed by atoms with E-state index in [0.29, 0.717) is 12.1 Å². The average molecular weight is 182 g/mol. The molecular formula is C8H14N4O. The molecule has 1 aromatic heterocycles. The molecule has 1 saturated carbocycles. The summed E-state index contributed by atoms with van der Waals surface area (Å²) in [5, 5.41) is 19.9. The molecule has 0 atom stereocenters. The van der Waals surface area contributed by atoms with Gasteiger partial charge < -0.3 is 10.4 Å². The molecule has 1 heterocycles. The Morgan fingerprint density at radius 2 is 2.46 bits per heavy atom. The van der Waals surface area contributed by atoms with Gasteiger partial charge in [-0.15, -0.1) is 5.10 Å². The van der Waals surface area contributed by atoms with E-state index in [2.05, 4.69) is 15.6 Å². The average Bonchev–Trinajstić information content (AvgIpc) is 2.50. The number of nitrogens with zero attached hydrogens (tertiary/aromatic N) is 3. The molecule has 0 saturated heterocycles. The van der Waals surface area contributed by atoms with E-state index in [1.54, 1.807) is 6.20 Å². The summed E-state index contributed by atoms with van der Waals surface area (Å²) >= 11 is 0. The first-order valence-electron chi connectivity index (χ1n) is 4.52. The van der Waals surface area contributed by atoms with E-state index < -0.39 is 0 Å². The van der Waals surface area contributed by atoms with Crippen molar-refractivity contribution in [1.29, 1.82) is 0 Å². The molecular weight excluding hydrogens is 168 g/mol. The Morgan fingerprint density at radius 1 is 1.69 bits per heavy atom. The van der Waals surface area contributed by atoms with Gasteiger partial charge in [-0.25, -0.2) is 4.68 Å². The lowest BCUT2D eigenvalue weighted by atomic mass is 9.87. The lowest BCUT2D eigenvalue weighted by molar-refractivity contribution is 0.195. The fourth-order valence-electron chi connectivity index (χ4n) is 1.71. The summed E-state index contributed by atoms with van der Waals surface area (Å²) in [6.07, 6.45) is 3.77. The third-order valence-corrected chi connectivity index (χ3v) is 2.68. The van der Waals surface area contributed by atoms with Crippen LogP contribution in [0.15, 0.2) is 6.20 Å². The number of hydrogen-bond acceptors (Lipinski definition) is 4. The molecule has 0 aliphatic heterocycles. The van der Waals surface area contributed by atoms with Gasteiger partial charge in [0.15, 0.2) is 0 Å². The van der Waals surface area contributed by atoms with Crippen LogP contribution in [-0.2, 0) is 6.61 Å². The van der Waals surface area contributed by atoms with E-state index in [1.165, 1.54) is 0 Å². The molecule has 2 N–H and O–H groups in total. The zero-order valence-corrected chi connectivity index (χ0v) is 7.64. The smallest absolute Gasteiger partial charge is 0.0866 e. The van der Waals surface area contributed by atoms with Crippen LogP contribution >= 0.6 is 0 Å². The van der Waals surface area contributed by atoms with Crippen molar-refractivity contribution in [2.24, 2.45) is 0 Å². The summed E-state index contributed by atoms with van der Waals surface area (Å²) in [5.41, 5.74) is 0.805. The fraction of sp³-hybridized carbons (Fsp3) is 0.750. The van der Waals surface area contributed by atoms with Crippen molar-refractivity contribution >= 4 is 0 Å². The molecule has 1 aliphatic rings. The fourth-order valence-corrected chi connectivity index (χ4v) is 1.71. The van der Waals surface area contributed by atoms with Crippen molar-refractivity contribution in [3.8, 4) is 0 Å². The Kier molecular flexibility index (Phi) is 2.28. The van der Waals surface area contributed by atoms with Gasteiger partial charge in [-0.2, -0.15) is 0 Å². The highest BCUT2D eigenvalue weighted by Crippen LogP contribution is 2.31. The van der Waals surface area contributed by atoms with Crippen LogP contribution in [-0.4, -0.2) is 33.2 Å². The van der Waals surface area contributed by atoms with Gasteiger partial charge in [-0.05, 0) is 19.9 Å². The topological polar surface area (TPSA) is 63.0 Å². The van der Waals surface area contributed by atoms with Crippen LogP contribution in [0.4, 0.5) is 0 Å². The second kappa shape index (κ2) is 3.43. The minimum Gasteiger partial charge on any atom is -0.390 e. The van der Waals surface area contributed by atoms with Crippen molar-refractivity contribution in [3.63, 3.8) is 0 Å². The predicted molar refractivity (Wildman–Crippen MR) is 47.1 cm³/mol.